The first-order valence-electron chi connectivity index (χ1n) is 5.20. The highest BCUT2D eigenvalue weighted by Gasteiger charge is 2.39. The van der Waals surface area contributed by atoms with Gasteiger partial charge in [0.15, 0.2) is 0 Å². The van der Waals surface area contributed by atoms with E-state index in [4.69, 9.17) is 14.2 Å². The molecule has 0 N–H and O–H groups in total. The van der Waals surface area contributed by atoms with Crippen LogP contribution in [0.5, 0.6) is 0 Å². The van der Waals surface area contributed by atoms with E-state index in [-0.39, 0.29) is 6.10 Å². The second-order valence-corrected chi connectivity index (χ2v) is 3.85. The van der Waals surface area contributed by atoms with Crippen LogP contribution in [0.2, 0.25) is 0 Å². The molecule has 16 heavy (non-hydrogen) atoms. The summed E-state index contributed by atoms with van der Waals surface area (Å²) >= 11 is 0. The Hall–Kier alpha value is -0.970. The van der Waals surface area contributed by atoms with Crippen molar-refractivity contribution in [1.29, 1.82) is 0 Å². The lowest BCUT2D eigenvalue weighted by atomic mass is 9.99. The van der Waals surface area contributed by atoms with E-state index in [2.05, 4.69) is 0 Å². The molecule has 0 amide bonds. The van der Waals surface area contributed by atoms with Gasteiger partial charge in [0.2, 0.25) is 5.79 Å². The van der Waals surface area contributed by atoms with Crippen LogP contribution in [-0.2, 0) is 19.0 Å². The fourth-order valence-electron chi connectivity index (χ4n) is 1.61. The van der Waals surface area contributed by atoms with Gasteiger partial charge in [-0.1, -0.05) is 6.08 Å². The van der Waals surface area contributed by atoms with Gasteiger partial charge in [-0.15, -0.1) is 0 Å². The molecule has 0 spiro atoms. The minimum Gasteiger partial charge on any atom is -0.365 e. The molecule has 90 valence electrons. The predicted octanol–water partition coefficient (Wildman–Crippen LogP) is 1.46. The average molecular weight is 226 g/mol. The fraction of sp³-hybridized carbons (Fsp3) is 0.583. The van der Waals surface area contributed by atoms with Gasteiger partial charge in [0, 0.05) is 19.8 Å². The number of allylic oxidation sites excluding steroid dienone is 2. The number of hydrogen-bond donors (Lipinski definition) is 0. The van der Waals surface area contributed by atoms with Gasteiger partial charge in [0.1, 0.15) is 12.4 Å². The highest BCUT2D eigenvalue weighted by Crippen LogP contribution is 2.28. The lowest BCUT2D eigenvalue weighted by molar-refractivity contribution is -0.233. The Labute approximate surface area is 95.9 Å². The van der Waals surface area contributed by atoms with Gasteiger partial charge in [-0.05, 0) is 26.0 Å². The minimum atomic E-state index is -0.948. The number of methoxy groups -OCH3 is 2. The van der Waals surface area contributed by atoms with E-state index in [1.807, 2.05) is 13.8 Å². The summed E-state index contributed by atoms with van der Waals surface area (Å²) in [5.41, 5.74) is 0.565. The summed E-state index contributed by atoms with van der Waals surface area (Å²) in [5.74, 6) is -0.948. The number of aldehydes is 1. The van der Waals surface area contributed by atoms with E-state index in [9.17, 15) is 4.79 Å². The molecule has 0 aliphatic heterocycles. The molecule has 1 atom stereocenters. The molecule has 1 aliphatic carbocycles. The number of carbonyl (C=O) groups is 1. The van der Waals surface area contributed by atoms with E-state index in [1.54, 1.807) is 32.4 Å². The molecule has 1 unspecified atom stereocenters. The second-order valence-electron chi connectivity index (χ2n) is 3.85. The Bertz CT molecular complexity index is 300. The predicted molar refractivity (Wildman–Crippen MR) is 60.0 cm³/mol. The topological polar surface area (TPSA) is 44.8 Å². The molecule has 4 heteroatoms. The summed E-state index contributed by atoms with van der Waals surface area (Å²) in [6, 6.07) is 0. The van der Waals surface area contributed by atoms with Crippen LogP contribution in [0.4, 0.5) is 0 Å². The first-order chi connectivity index (χ1) is 7.57. The van der Waals surface area contributed by atoms with Crippen LogP contribution < -0.4 is 0 Å². The monoisotopic (exact) mass is 226 g/mol. The maximum atomic E-state index is 10.7. The van der Waals surface area contributed by atoms with Crippen molar-refractivity contribution in [3.8, 4) is 0 Å². The van der Waals surface area contributed by atoms with Crippen molar-refractivity contribution in [2.75, 3.05) is 14.2 Å². The molecule has 0 heterocycles. The molecule has 0 aromatic heterocycles. The Morgan fingerprint density at radius 1 is 1.38 bits per heavy atom. The molecule has 0 saturated carbocycles. The summed E-state index contributed by atoms with van der Waals surface area (Å²) < 4.78 is 16.4. The Kier molecular flexibility index (Phi) is 4.41. The molecular weight excluding hydrogens is 208 g/mol. The van der Waals surface area contributed by atoms with Gasteiger partial charge in [0.05, 0.1) is 6.10 Å². The van der Waals surface area contributed by atoms with Gasteiger partial charge in [-0.2, -0.15) is 0 Å². The summed E-state index contributed by atoms with van der Waals surface area (Å²) in [6.45, 7) is 3.84. The van der Waals surface area contributed by atoms with Crippen molar-refractivity contribution in [3.63, 3.8) is 0 Å². The van der Waals surface area contributed by atoms with E-state index in [0.29, 0.717) is 5.57 Å². The van der Waals surface area contributed by atoms with Crippen LogP contribution in [-0.4, -0.2) is 38.5 Å². The highest BCUT2D eigenvalue weighted by molar-refractivity contribution is 5.78. The van der Waals surface area contributed by atoms with Crippen molar-refractivity contribution < 1.29 is 19.0 Å². The van der Waals surface area contributed by atoms with Crippen LogP contribution in [0.25, 0.3) is 0 Å². The standard InChI is InChI=1S/C12H18O4/c1-9(2)16-11-7-10(8-13)5-6-12(11,14-3)15-4/h5-9,11H,1-4H3. The molecule has 0 bridgehead atoms. The molecule has 0 fully saturated rings. The maximum absolute atomic E-state index is 10.7. The van der Waals surface area contributed by atoms with Crippen molar-refractivity contribution in [2.45, 2.75) is 31.8 Å². The van der Waals surface area contributed by atoms with E-state index in [1.165, 1.54) is 0 Å². The molecule has 0 aromatic carbocycles. The van der Waals surface area contributed by atoms with Crippen LogP contribution in [0.15, 0.2) is 23.8 Å². The SMILES string of the molecule is COC1(OC)C=CC(C=O)=CC1OC(C)C. The molecular formula is C12H18O4. The summed E-state index contributed by atoms with van der Waals surface area (Å²) in [7, 11) is 3.09. The van der Waals surface area contributed by atoms with Crippen LogP contribution in [0, 0.1) is 0 Å². The number of hydrogen-bond acceptors (Lipinski definition) is 4. The van der Waals surface area contributed by atoms with E-state index in [0.717, 1.165) is 6.29 Å². The fourth-order valence-corrected chi connectivity index (χ4v) is 1.61. The zero-order valence-corrected chi connectivity index (χ0v) is 10.1. The van der Waals surface area contributed by atoms with Crippen LogP contribution in [0.3, 0.4) is 0 Å². The van der Waals surface area contributed by atoms with Gasteiger partial charge in [0.25, 0.3) is 0 Å². The zero-order chi connectivity index (χ0) is 12.2. The molecule has 4 nitrogen and oxygen atoms in total. The Balaban J connectivity index is 2.97. The Morgan fingerprint density at radius 2 is 2.00 bits per heavy atom. The second kappa shape index (κ2) is 5.39. The summed E-state index contributed by atoms with van der Waals surface area (Å²) in [4.78, 5) is 10.7. The minimum absolute atomic E-state index is 0.0188. The number of rotatable bonds is 5. The van der Waals surface area contributed by atoms with Crippen LogP contribution >= 0.6 is 0 Å². The first kappa shape index (κ1) is 13.1. The lowest BCUT2D eigenvalue weighted by Gasteiger charge is -2.36. The summed E-state index contributed by atoms with van der Waals surface area (Å²) in [5, 5.41) is 0. The average Bonchev–Trinajstić information content (AvgIpc) is 2.28. The highest BCUT2D eigenvalue weighted by atomic mass is 16.7. The zero-order valence-electron chi connectivity index (χ0n) is 10.1. The third-order valence-electron chi connectivity index (χ3n) is 2.44. The molecule has 1 aliphatic rings. The largest absolute Gasteiger partial charge is 0.365 e. The van der Waals surface area contributed by atoms with Gasteiger partial charge in [-0.3, -0.25) is 4.79 Å². The maximum Gasteiger partial charge on any atom is 0.218 e. The van der Waals surface area contributed by atoms with Gasteiger partial charge in [-0.25, -0.2) is 0 Å². The first-order valence-corrected chi connectivity index (χ1v) is 5.20. The quantitative estimate of drug-likeness (QED) is 0.526. The third kappa shape index (κ3) is 2.58. The van der Waals surface area contributed by atoms with E-state index >= 15 is 0 Å². The van der Waals surface area contributed by atoms with Gasteiger partial charge < -0.3 is 14.2 Å². The Morgan fingerprint density at radius 3 is 2.44 bits per heavy atom. The third-order valence-corrected chi connectivity index (χ3v) is 2.44. The smallest absolute Gasteiger partial charge is 0.218 e. The number of carbonyl (C=O) groups excluding carboxylic acids is 1. The lowest BCUT2D eigenvalue weighted by Crippen LogP contribution is -2.47. The van der Waals surface area contributed by atoms with Gasteiger partial charge >= 0.3 is 0 Å². The molecule has 0 aromatic rings. The molecule has 0 saturated heterocycles. The summed E-state index contributed by atoms with van der Waals surface area (Å²) in [6.07, 6.45) is 5.45. The van der Waals surface area contributed by atoms with E-state index < -0.39 is 11.9 Å². The normalized spacial score (nSPS) is 23.3. The van der Waals surface area contributed by atoms with Crippen molar-refractivity contribution in [2.24, 2.45) is 0 Å². The molecule has 1 rings (SSSR count). The number of ether oxygens (including phenoxy) is 3. The van der Waals surface area contributed by atoms with Crippen LogP contribution in [0.1, 0.15) is 13.8 Å². The van der Waals surface area contributed by atoms with Crippen molar-refractivity contribution >= 4 is 6.29 Å². The van der Waals surface area contributed by atoms with Crippen molar-refractivity contribution in [3.05, 3.63) is 23.8 Å². The molecule has 0 radical (unpaired) electrons. The van der Waals surface area contributed by atoms with Crippen molar-refractivity contribution in [1.82, 2.24) is 0 Å².